The van der Waals surface area contributed by atoms with E-state index in [2.05, 4.69) is 29.1 Å². The Morgan fingerprint density at radius 3 is 2.87 bits per heavy atom. The first-order valence-corrected chi connectivity index (χ1v) is 6.41. The third-order valence-electron chi connectivity index (χ3n) is 3.80. The maximum absolute atomic E-state index is 3.60. The van der Waals surface area contributed by atoms with Crippen molar-refractivity contribution in [2.24, 2.45) is 0 Å². The van der Waals surface area contributed by atoms with E-state index in [4.69, 9.17) is 0 Å². The van der Waals surface area contributed by atoms with Gasteiger partial charge in [0.1, 0.15) is 0 Å². The molecule has 0 aliphatic carbocycles. The maximum Gasteiger partial charge on any atom is 0.0195 e. The van der Waals surface area contributed by atoms with Crippen molar-refractivity contribution in [3.8, 4) is 0 Å². The second-order valence-electron chi connectivity index (χ2n) is 5.25. The van der Waals surface area contributed by atoms with Gasteiger partial charge in [-0.1, -0.05) is 0 Å². The van der Waals surface area contributed by atoms with E-state index in [1.165, 1.54) is 52.0 Å². The van der Waals surface area contributed by atoms with E-state index in [1.54, 1.807) is 0 Å². The molecule has 2 fully saturated rings. The number of nitrogens with zero attached hydrogens (tertiary/aromatic N) is 2. The Bertz CT molecular complexity index is 189. The third kappa shape index (κ3) is 3.16. The topological polar surface area (TPSA) is 18.5 Å². The van der Waals surface area contributed by atoms with Gasteiger partial charge in [-0.15, -0.1) is 0 Å². The van der Waals surface area contributed by atoms with Gasteiger partial charge in [0.25, 0.3) is 0 Å². The van der Waals surface area contributed by atoms with Crippen LogP contribution in [0.15, 0.2) is 0 Å². The highest BCUT2D eigenvalue weighted by atomic mass is 15.2. The van der Waals surface area contributed by atoms with Gasteiger partial charge in [-0.2, -0.15) is 0 Å². The minimum Gasteiger partial charge on any atom is -0.313 e. The first-order chi connectivity index (χ1) is 7.25. The Hall–Kier alpha value is -0.120. The molecule has 3 heteroatoms. The van der Waals surface area contributed by atoms with Crippen LogP contribution in [0, 0.1) is 0 Å². The molecular weight excluding hydrogens is 186 g/mol. The summed E-state index contributed by atoms with van der Waals surface area (Å²) in [7, 11) is 2.24. The minimum absolute atomic E-state index is 0.722. The Balaban J connectivity index is 1.83. The lowest BCUT2D eigenvalue weighted by molar-refractivity contribution is 0.187. The molecule has 0 spiro atoms. The van der Waals surface area contributed by atoms with E-state index in [0.717, 1.165) is 12.1 Å². The Labute approximate surface area is 93.8 Å². The van der Waals surface area contributed by atoms with E-state index >= 15 is 0 Å². The van der Waals surface area contributed by atoms with E-state index in [0.29, 0.717) is 0 Å². The third-order valence-corrected chi connectivity index (χ3v) is 3.80. The molecule has 2 saturated heterocycles. The zero-order chi connectivity index (χ0) is 10.7. The quantitative estimate of drug-likeness (QED) is 0.728. The van der Waals surface area contributed by atoms with Crippen LogP contribution < -0.4 is 5.32 Å². The molecule has 0 bridgehead atoms. The van der Waals surface area contributed by atoms with Crippen LogP contribution in [-0.2, 0) is 0 Å². The lowest BCUT2D eigenvalue weighted by Gasteiger charge is -2.30. The fourth-order valence-corrected chi connectivity index (χ4v) is 2.89. The van der Waals surface area contributed by atoms with Crippen molar-refractivity contribution in [3.63, 3.8) is 0 Å². The normalized spacial score (nSPS) is 35.6. The molecule has 0 aromatic rings. The average Bonchev–Trinajstić information content (AvgIpc) is 2.63. The summed E-state index contributed by atoms with van der Waals surface area (Å²) >= 11 is 0. The van der Waals surface area contributed by atoms with Crippen molar-refractivity contribution in [3.05, 3.63) is 0 Å². The second kappa shape index (κ2) is 5.28. The number of rotatable bonds is 2. The number of hydrogen-bond acceptors (Lipinski definition) is 3. The smallest absolute Gasteiger partial charge is 0.0195 e. The first kappa shape index (κ1) is 11.4. The molecule has 2 atom stereocenters. The fraction of sp³-hybridized carbons (Fsp3) is 1.00. The van der Waals surface area contributed by atoms with Crippen LogP contribution in [0.2, 0.25) is 0 Å². The van der Waals surface area contributed by atoms with Crippen LogP contribution >= 0.6 is 0 Å². The highest BCUT2D eigenvalue weighted by molar-refractivity contribution is 4.82. The molecule has 2 heterocycles. The summed E-state index contributed by atoms with van der Waals surface area (Å²) in [6, 6.07) is 1.48. The molecular formula is C12H25N3. The average molecular weight is 211 g/mol. The maximum atomic E-state index is 3.60. The largest absolute Gasteiger partial charge is 0.313 e. The van der Waals surface area contributed by atoms with Gasteiger partial charge in [0.2, 0.25) is 0 Å². The van der Waals surface area contributed by atoms with Crippen molar-refractivity contribution in [1.82, 2.24) is 15.1 Å². The van der Waals surface area contributed by atoms with Crippen LogP contribution in [0.1, 0.15) is 26.2 Å². The van der Waals surface area contributed by atoms with E-state index < -0.39 is 0 Å². The van der Waals surface area contributed by atoms with E-state index in [1.807, 2.05) is 0 Å². The van der Waals surface area contributed by atoms with Gasteiger partial charge in [0.05, 0.1) is 0 Å². The summed E-state index contributed by atoms with van der Waals surface area (Å²) in [6.07, 6.45) is 4.07. The summed E-state index contributed by atoms with van der Waals surface area (Å²) in [5.74, 6) is 0. The molecule has 1 N–H and O–H groups in total. The summed E-state index contributed by atoms with van der Waals surface area (Å²) in [5.41, 5.74) is 0. The Morgan fingerprint density at radius 2 is 2.13 bits per heavy atom. The van der Waals surface area contributed by atoms with Gasteiger partial charge in [0, 0.05) is 25.2 Å². The van der Waals surface area contributed by atoms with Gasteiger partial charge in [-0.05, 0) is 52.9 Å². The summed E-state index contributed by atoms with van der Waals surface area (Å²) in [5, 5.41) is 3.60. The van der Waals surface area contributed by atoms with Crippen LogP contribution in [-0.4, -0.2) is 61.7 Å². The summed E-state index contributed by atoms with van der Waals surface area (Å²) in [6.45, 7) is 8.63. The lowest BCUT2D eigenvalue weighted by atomic mass is 10.2. The van der Waals surface area contributed by atoms with Crippen LogP contribution in [0.4, 0.5) is 0 Å². The molecule has 1 unspecified atom stereocenters. The van der Waals surface area contributed by atoms with Gasteiger partial charge < -0.3 is 10.2 Å². The molecule has 2 rings (SSSR count). The van der Waals surface area contributed by atoms with E-state index in [9.17, 15) is 0 Å². The van der Waals surface area contributed by atoms with Crippen LogP contribution in [0.5, 0.6) is 0 Å². The molecule has 88 valence electrons. The molecule has 2 aliphatic heterocycles. The van der Waals surface area contributed by atoms with Crippen molar-refractivity contribution >= 4 is 0 Å². The number of likely N-dealkylation sites (N-methyl/N-ethyl adjacent to an activating group) is 1. The van der Waals surface area contributed by atoms with Gasteiger partial charge in [-0.25, -0.2) is 0 Å². The zero-order valence-electron chi connectivity index (χ0n) is 10.2. The molecule has 0 aromatic carbocycles. The van der Waals surface area contributed by atoms with Gasteiger partial charge in [0.15, 0.2) is 0 Å². The molecule has 0 amide bonds. The summed E-state index contributed by atoms with van der Waals surface area (Å²) in [4.78, 5) is 5.14. The van der Waals surface area contributed by atoms with Crippen molar-refractivity contribution in [2.75, 3.05) is 39.8 Å². The highest BCUT2D eigenvalue weighted by Gasteiger charge is 2.23. The molecule has 15 heavy (non-hydrogen) atoms. The minimum atomic E-state index is 0.722. The Morgan fingerprint density at radius 1 is 1.27 bits per heavy atom. The second-order valence-corrected chi connectivity index (χ2v) is 5.25. The predicted octanol–water partition coefficient (Wildman–Crippen LogP) is 0.764. The van der Waals surface area contributed by atoms with Crippen molar-refractivity contribution < 1.29 is 0 Å². The highest BCUT2D eigenvalue weighted by Crippen LogP contribution is 2.12. The van der Waals surface area contributed by atoms with Crippen LogP contribution in [0.3, 0.4) is 0 Å². The van der Waals surface area contributed by atoms with Crippen molar-refractivity contribution in [1.29, 1.82) is 0 Å². The first-order valence-electron chi connectivity index (χ1n) is 6.41. The fourth-order valence-electron chi connectivity index (χ4n) is 2.89. The lowest BCUT2D eigenvalue weighted by Crippen LogP contribution is -2.44. The summed E-state index contributed by atoms with van der Waals surface area (Å²) < 4.78 is 0. The van der Waals surface area contributed by atoms with Crippen LogP contribution in [0.25, 0.3) is 0 Å². The predicted molar refractivity (Wildman–Crippen MR) is 64.2 cm³/mol. The zero-order valence-corrected chi connectivity index (χ0v) is 10.2. The molecule has 0 aromatic heterocycles. The number of hydrogen-bond donors (Lipinski definition) is 1. The van der Waals surface area contributed by atoms with Gasteiger partial charge in [-0.3, -0.25) is 4.90 Å². The number of nitrogens with one attached hydrogen (secondary N) is 1. The molecule has 2 aliphatic rings. The van der Waals surface area contributed by atoms with Crippen molar-refractivity contribution in [2.45, 2.75) is 38.3 Å². The van der Waals surface area contributed by atoms with E-state index in [-0.39, 0.29) is 0 Å². The standard InChI is InChI=1S/C12H25N3/c1-11-9-14(2)7-4-8-15(11)10-12-5-3-6-13-12/h11-13H,3-10H2,1-2H3/t11?,12-/m0/s1. The molecule has 3 nitrogen and oxygen atoms in total. The van der Waals surface area contributed by atoms with Gasteiger partial charge >= 0.3 is 0 Å². The monoisotopic (exact) mass is 211 g/mol. The Kier molecular flexibility index (Phi) is 4.00. The molecule has 0 radical (unpaired) electrons. The SMILES string of the molecule is CC1CN(C)CCCN1C[C@@H]1CCCN1. The molecule has 0 saturated carbocycles.